The lowest BCUT2D eigenvalue weighted by Crippen LogP contribution is -2.54. The second kappa shape index (κ2) is 5.44. The van der Waals surface area contributed by atoms with Gasteiger partial charge in [-0.2, -0.15) is 0 Å². The number of ether oxygens (including phenoxy) is 1. The lowest BCUT2D eigenvalue weighted by atomic mass is 9.95. The lowest BCUT2D eigenvalue weighted by Gasteiger charge is -2.43. The maximum atomic E-state index is 12.1. The van der Waals surface area contributed by atoms with Crippen LogP contribution in [0.4, 0.5) is 4.79 Å². The minimum Gasteiger partial charge on any atom is -0.444 e. The van der Waals surface area contributed by atoms with Crippen molar-refractivity contribution in [1.82, 2.24) is 4.90 Å². The van der Waals surface area contributed by atoms with Gasteiger partial charge in [0.1, 0.15) is 5.60 Å². The molecular formula is C14H29NO3Si. The summed E-state index contributed by atoms with van der Waals surface area (Å²) in [5, 5.41) is 0. The molecule has 0 bridgehead atoms. The molecule has 19 heavy (non-hydrogen) atoms. The molecule has 1 rings (SSSR count). The topological polar surface area (TPSA) is 38.8 Å². The molecule has 0 aliphatic carbocycles. The highest BCUT2D eigenvalue weighted by Gasteiger charge is 2.38. The molecule has 0 radical (unpaired) electrons. The van der Waals surface area contributed by atoms with E-state index in [1.165, 1.54) is 0 Å². The minimum atomic E-state index is -1.61. The Morgan fingerprint density at radius 3 is 2.32 bits per heavy atom. The zero-order valence-electron chi connectivity index (χ0n) is 13.5. The van der Waals surface area contributed by atoms with Crippen molar-refractivity contribution in [3.63, 3.8) is 0 Å². The Hall–Kier alpha value is -0.553. The third-order valence-electron chi connectivity index (χ3n) is 2.86. The van der Waals surface area contributed by atoms with Gasteiger partial charge in [-0.3, -0.25) is 0 Å². The Morgan fingerprint density at radius 2 is 1.84 bits per heavy atom. The van der Waals surface area contributed by atoms with Crippen LogP contribution in [-0.2, 0) is 9.16 Å². The molecule has 1 saturated heterocycles. The van der Waals surface area contributed by atoms with E-state index >= 15 is 0 Å². The first-order chi connectivity index (χ1) is 8.40. The molecule has 5 heteroatoms. The lowest BCUT2D eigenvalue weighted by molar-refractivity contribution is -0.0237. The number of amides is 1. The van der Waals surface area contributed by atoms with Crippen LogP contribution in [0.5, 0.6) is 0 Å². The number of carbonyl (C=O) groups is 1. The van der Waals surface area contributed by atoms with Crippen LogP contribution in [0, 0.1) is 0 Å². The van der Waals surface area contributed by atoms with Crippen LogP contribution in [0.25, 0.3) is 0 Å². The Labute approximate surface area is 118 Å². The van der Waals surface area contributed by atoms with Crippen molar-refractivity contribution >= 4 is 14.4 Å². The summed E-state index contributed by atoms with van der Waals surface area (Å²) in [4.78, 5) is 13.9. The third-order valence-corrected chi connectivity index (χ3v) is 3.97. The SMILES string of the molecule is CC(C)(C)OC(=O)N1CCCC(C)(O[Si](C)(C)C)C1. The first-order valence-electron chi connectivity index (χ1n) is 7.08. The third kappa shape index (κ3) is 5.95. The van der Waals surface area contributed by atoms with Gasteiger partial charge in [0, 0.05) is 6.54 Å². The van der Waals surface area contributed by atoms with Gasteiger partial charge in [-0.15, -0.1) is 0 Å². The Morgan fingerprint density at radius 1 is 1.26 bits per heavy atom. The van der Waals surface area contributed by atoms with Crippen molar-refractivity contribution in [1.29, 1.82) is 0 Å². The van der Waals surface area contributed by atoms with E-state index in [-0.39, 0.29) is 11.7 Å². The standard InChI is InChI=1S/C14H29NO3Si/c1-13(2,3)17-12(16)15-10-8-9-14(4,11-15)18-19(5,6)7/h8-11H2,1-7H3. The van der Waals surface area contributed by atoms with Crippen LogP contribution in [0.2, 0.25) is 19.6 Å². The molecule has 1 aliphatic heterocycles. The van der Waals surface area contributed by atoms with Crippen LogP contribution < -0.4 is 0 Å². The van der Waals surface area contributed by atoms with E-state index in [1.807, 2.05) is 20.8 Å². The maximum absolute atomic E-state index is 12.1. The van der Waals surface area contributed by atoms with Crippen molar-refractivity contribution in [3.8, 4) is 0 Å². The smallest absolute Gasteiger partial charge is 0.410 e. The summed E-state index contributed by atoms with van der Waals surface area (Å²) in [5.41, 5.74) is -0.663. The molecule has 4 nitrogen and oxygen atoms in total. The minimum absolute atomic E-state index is 0.223. The van der Waals surface area contributed by atoms with Crippen LogP contribution >= 0.6 is 0 Å². The molecule has 1 unspecified atom stereocenters. The van der Waals surface area contributed by atoms with Crippen molar-refractivity contribution < 1.29 is 14.0 Å². The average molecular weight is 287 g/mol. The second-order valence-corrected chi connectivity index (χ2v) is 12.1. The van der Waals surface area contributed by atoms with E-state index in [1.54, 1.807) is 4.90 Å². The predicted molar refractivity (Wildman–Crippen MR) is 79.9 cm³/mol. The zero-order valence-corrected chi connectivity index (χ0v) is 14.5. The van der Waals surface area contributed by atoms with E-state index in [2.05, 4.69) is 26.6 Å². The first kappa shape index (κ1) is 16.5. The van der Waals surface area contributed by atoms with Crippen molar-refractivity contribution in [2.75, 3.05) is 13.1 Å². The number of hydrogen-bond acceptors (Lipinski definition) is 3. The second-order valence-electron chi connectivity index (χ2n) is 7.67. The molecule has 0 N–H and O–H groups in total. The maximum Gasteiger partial charge on any atom is 0.410 e. The van der Waals surface area contributed by atoms with Gasteiger partial charge in [0.05, 0.1) is 12.1 Å². The van der Waals surface area contributed by atoms with Crippen LogP contribution in [0.1, 0.15) is 40.5 Å². The number of piperidine rings is 1. The van der Waals surface area contributed by atoms with Crippen molar-refractivity contribution in [2.45, 2.75) is 71.4 Å². The van der Waals surface area contributed by atoms with Gasteiger partial charge < -0.3 is 14.1 Å². The quantitative estimate of drug-likeness (QED) is 0.728. The van der Waals surface area contributed by atoms with Gasteiger partial charge in [0.25, 0.3) is 0 Å². The van der Waals surface area contributed by atoms with E-state index < -0.39 is 13.9 Å². The molecule has 0 aromatic rings. The summed E-state index contributed by atoms with van der Waals surface area (Å²) in [7, 11) is -1.61. The van der Waals surface area contributed by atoms with Gasteiger partial charge in [-0.05, 0) is 60.2 Å². The summed E-state index contributed by atoms with van der Waals surface area (Å²) in [6.07, 6.45) is 1.76. The van der Waals surface area contributed by atoms with E-state index in [4.69, 9.17) is 9.16 Å². The van der Waals surface area contributed by atoms with Crippen molar-refractivity contribution in [2.24, 2.45) is 0 Å². The first-order valence-corrected chi connectivity index (χ1v) is 10.5. The fourth-order valence-corrected chi connectivity index (χ4v) is 4.16. The summed E-state index contributed by atoms with van der Waals surface area (Å²) in [5.74, 6) is 0. The summed E-state index contributed by atoms with van der Waals surface area (Å²) < 4.78 is 11.7. The number of carbonyl (C=O) groups excluding carboxylic acids is 1. The zero-order chi connectivity index (χ0) is 14.9. The molecule has 1 atom stereocenters. The number of likely N-dealkylation sites (tertiary alicyclic amines) is 1. The molecule has 0 aromatic heterocycles. The largest absolute Gasteiger partial charge is 0.444 e. The van der Waals surface area contributed by atoms with E-state index in [0.29, 0.717) is 6.54 Å². The molecule has 1 aliphatic rings. The Bertz CT molecular complexity index is 333. The van der Waals surface area contributed by atoms with Crippen LogP contribution in [0.15, 0.2) is 0 Å². The molecule has 0 saturated carbocycles. The molecule has 1 amide bonds. The van der Waals surface area contributed by atoms with Gasteiger partial charge >= 0.3 is 6.09 Å². The monoisotopic (exact) mass is 287 g/mol. The molecular weight excluding hydrogens is 258 g/mol. The van der Waals surface area contributed by atoms with Crippen LogP contribution in [0.3, 0.4) is 0 Å². The highest BCUT2D eigenvalue weighted by molar-refractivity contribution is 6.69. The van der Waals surface area contributed by atoms with Gasteiger partial charge in [0.2, 0.25) is 0 Å². The summed E-state index contributed by atoms with van der Waals surface area (Å²) in [6, 6.07) is 0. The molecule has 1 heterocycles. The number of rotatable bonds is 2. The van der Waals surface area contributed by atoms with Gasteiger partial charge in [0.15, 0.2) is 8.32 Å². The fourth-order valence-electron chi connectivity index (χ4n) is 2.51. The highest BCUT2D eigenvalue weighted by atomic mass is 28.4. The normalized spacial score (nSPS) is 25.3. The van der Waals surface area contributed by atoms with Crippen molar-refractivity contribution in [3.05, 3.63) is 0 Å². The molecule has 0 aromatic carbocycles. The highest BCUT2D eigenvalue weighted by Crippen LogP contribution is 2.29. The van der Waals surface area contributed by atoms with E-state index in [0.717, 1.165) is 19.4 Å². The molecule has 0 spiro atoms. The van der Waals surface area contributed by atoms with Crippen LogP contribution in [-0.4, -0.2) is 43.6 Å². The molecule has 112 valence electrons. The molecule has 1 fully saturated rings. The fraction of sp³-hybridized carbons (Fsp3) is 0.929. The van der Waals surface area contributed by atoms with Gasteiger partial charge in [-0.1, -0.05) is 0 Å². The summed E-state index contributed by atoms with van der Waals surface area (Å²) in [6.45, 7) is 15.7. The number of hydrogen-bond donors (Lipinski definition) is 0. The van der Waals surface area contributed by atoms with E-state index in [9.17, 15) is 4.79 Å². The summed E-state index contributed by atoms with van der Waals surface area (Å²) >= 11 is 0. The predicted octanol–water partition coefficient (Wildman–Crippen LogP) is 3.63. The van der Waals surface area contributed by atoms with Gasteiger partial charge in [-0.25, -0.2) is 4.79 Å². The Kier molecular flexibility index (Phi) is 4.73. The average Bonchev–Trinajstić information content (AvgIpc) is 2.10. The number of nitrogens with zero attached hydrogens (tertiary/aromatic N) is 1. The Balaban J connectivity index is 2.66.